The van der Waals surface area contributed by atoms with Crippen LogP contribution in [-0.2, 0) is 9.47 Å². The highest BCUT2D eigenvalue weighted by Crippen LogP contribution is 2.27. The van der Waals surface area contributed by atoms with Crippen LogP contribution < -0.4 is 4.74 Å². The van der Waals surface area contributed by atoms with Gasteiger partial charge in [-0.25, -0.2) is 4.98 Å². The van der Waals surface area contributed by atoms with Crippen LogP contribution in [0.25, 0.3) is 0 Å². The third kappa shape index (κ3) is 4.74. The number of methoxy groups -OCH3 is 1. The fraction of sp³-hybridized carbons (Fsp3) is 0.500. The van der Waals surface area contributed by atoms with Crippen LogP contribution in [0.4, 0.5) is 11.4 Å². The molecule has 0 bridgehead atoms. The highest BCUT2D eigenvalue weighted by Gasteiger charge is 2.22. The van der Waals surface area contributed by atoms with E-state index in [1.54, 1.807) is 0 Å². The van der Waals surface area contributed by atoms with Crippen molar-refractivity contribution in [2.24, 2.45) is 0 Å². The Bertz CT molecular complexity index is 480. The zero-order chi connectivity index (χ0) is 15.0. The fourth-order valence-corrected chi connectivity index (χ4v) is 1.21. The summed E-state index contributed by atoms with van der Waals surface area (Å²) in [4.78, 5) is 23.3. The molecule has 0 radical (unpaired) electrons. The highest BCUT2D eigenvalue weighted by atomic mass is 16.6. The molecule has 110 valence electrons. The van der Waals surface area contributed by atoms with E-state index in [-0.39, 0.29) is 19.1 Å². The lowest BCUT2D eigenvalue weighted by molar-refractivity contribution is -0.395. The summed E-state index contributed by atoms with van der Waals surface area (Å²) in [6.07, 6.45) is 0.897. The first kappa shape index (κ1) is 15.7. The van der Waals surface area contributed by atoms with Crippen molar-refractivity contribution in [1.29, 1.82) is 0 Å². The van der Waals surface area contributed by atoms with Crippen LogP contribution in [0.15, 0.2) is 12.3 Å². The summed E-state index contributed by atoms with van der Waals surface area (Å²) < 4.78 is 14.9. The molecule has 0 saturated heterocycles. The van der Waals surface area contributed by atoms with Gasteiger partial charge in [0.1, 0.15) is 18.9 Å². The number of nitro groups is 2. The van der Waals surface area contributed by atoms with Crippen LogP contribution >= 0.6 is 0 Å². The van der Waals surface area contributed by atoms with E-state index in [9.17, 15) is 20.2 Å². The number of hydrogen-bond acceptors (Lipinski definition) is 8. The van der Waals surface area contributed by atoms with Crippen molar-refractivity contribution in [3.05, 3.63) is 32.5 Å². The van der Waals surface area contributed by atoms with Crippen molar-refractivity contribution in [3.63, 3.8) is 0 Å². The average Bonchev–Trinajstić information content (AvgIpc) is 2.42. The molecule has 0 aliphatic rings. The molecule has 0 saturated carbocycles. The van der Waals surface area contributed by atoms with Gasteiger partial charge in [-0.05, 0) is 0 Å². The second-order valence-corrected chi connectivity index (χ2v) is 3.49. The molecule has 0 aliphatic carbocycles. The molecule has 0 unspecified atom stereocenters. The first-order valence-corrected chi connectivity index (χ1v) is 5.54. The van der Waals surface area contributed by atoms with Gasteiger partial charge in [0.05, 0.1) is 29.7 Å². The molecule has 0 spiro atoms. The summed E-state index contributed by atoms with van der Waals surface area (Å²) in [6.45, 7) is 1.03. The lowest BCUT2D eigenvalue weighted by Crippen LogP contribution is -2.11. The monoisotopic (exact) mass is 287 g/mol. The van der Waals surface area contributed by atoms with E-state index >= 15 is 0 Å². The molecule has 0 amide bonds. The Balaban J connectivity index is 2.60. The zero-order valence-corrected chi connectivity index (χ0v) is 10.7. The van der Waals surface area contributed by atoms with Crippen LogP contribution in [0, 0.1) is 20.2 Å². The van der Waals surface area contributed by atoms with Gasteiger partial charge in [0.15, 0.2) is 0 Å². The average molecular weight is 287 g/mol. The predicted octanol–water partition coefficient (Wildman–Crippen LogP) is 0.940. The van der Waals surface area contributed by atoms with Gasteiger partial charge in [-0.1, -0.05) is 0 Å². The topological polar surface area (TPSA) is 127 Å². The van der Waals surface area contributed by atoms with Crippen LogP contribution in [0.5, 0.6) is 5.88 Å². The Labute approximate surface area is 113 Å². The van der Waals surface area contributed by atoms with Gasteiger partial charge >= 0.3 is 5.69 Å². The quantitative estimate of drug-likeness (QED) is 0.373. The maximum Gasteiger partial charge on any atom is 0.337 e. The van der Waals surface area contributed by atoms with E-state index in [0.717, 1.165) is 12.3 Å². The number of rotatable bonds is 9. The van der Waals surface area contributed by atoms with E-state index < -0.39 is 21.2 Å². The lowest BCUT2D eigenvalue weighted by atomic mass is 10.3. The number of hydrogen-bond donors (Lipinski definition) is 0. The van der Waals surface area contributed by atoms with E-state index in [2.05, 4.69) is 4.98 Å². The maximum absolute atomic E-state index is 10.8. The van der Waals surface area contributed by atoms with Crippen LogP contribution in [0.2, 0.25) is 0 Å². The number of pyridine rings is 1. The first-order valence-electron chi connectivity index (χ1n) is 5.54. The van der Waals surface area contributed by atoms with Gasteiger partial charge in [0, 0.05) is 7.11 Å². The fourth-order valence-electron chi connectivity index (χ4n) is 1.21. The molecule has 0 atom stereocenters. The van der Waals surface area contributed by atoms with Crippen molar-refractivity contribution in [1.82, 2.24) is 4.98 Å². The molecule has 20 heavy (non-hydrogen) atoms. The molecule has 10 heteroatoms. The molecule has 1 aromatic heterocycles. The predicted molar refractivity (Wildman–Crippen MR) is 65.7 cm³/mol. The second-order valence-electron chi connectivity index (χ2n) is 3.49. The largest absolute Gasteiger partial charge is 0.470 e. The summed E-state index contributed by atoms with van der Waals surface area (Å²) in [7, 11) is 1.53. The van der Waals surface area contributed by atoms with Gasteiger partial charge < -0.3 is 14.2 Å². The molecule has 0 fully saturated rings. The lowest BCUT2D eigenvalue weighted by Gasteiger charge is -2.06. The molecule has 1 rings (SSSR count). The van der Waals surface area contributed by atoms with Gasteiger partial charge in [-0.3, -0.25) is 20.2 Å². The Morgan fingerprint density at radius 2 is 1.85 bits per heavy atom. The summed E-state index contributed by atoms with van der Waals surface area (Å²) in [5, 5.41) is 21.3. The Morgan fingerprint density at radius 1 is 1.15 bits per heavy atom. The molecular formula is C10H13N3O7. The van der Waals surface area contributed by atoms with E-state index in [1.807, 2.05) is 0 Å². The van der Waals surface area contributed by atoms with Gasteiger partial charge in [0.25, 0.3) is 11.6 Å². The summed E-state index contributed by atoms with van der Waals surface area (Å²) >= 11 is 0. The SMILES string of the molecule is COCCOCCOc1ncc([N+](=O)[O-])cc1[N+](=O)[O-]. The minimum absolute atomic E-state index is 0.0371. The van der Waals surface area contributed by atoms with Crippen LogP contribution in [0.1, 0.15) is 0 Å². The third-order valence-corrected chi connectivity index (χ3v) is 2.12. The van der Waals surface area contributed by atoms with E-state index in [0.29, 0.717) is 13.2 Å². The van der Waals surface area contributed by atoms with Crippen LogP contribution in [0.3, 0.4) is 0 Å². The standard InChI is InChI=1S/C10H13N3O7/c1-18-2-3-19-4-5-20-10-9(13(16)17)6-8(7-11-10)12(14)15/h6-7H,2-5H2,1H3. The van der Waals surface area contributed by atoms with Crippen molar-refractivity contribution in [2.45, 2.75) is 0 Å². The smallest absolute Gasteiger partial charge is 0.337 e. The normalized spacial score (nSPS) is 10.2. The minimum atomic E-state index is -0.791. The summed E-state index contributed by atoms with van der Waals surface area (Å²) in [5.41, 5.74) is -1.03. The van der Waals surface area contributed by atoms with Gasteiger partial charge in [-0.2, -0.15) is 0 Å². The number of nitrogens with zero attached hydrogens (tertiary/aromatic N) is 3. The molecule has 1 heterocycles. The van der Waals surface area contributed by atoms with Crippen molar-refractivity contribution in [3.8, 4) is 5.88 Å². The molecule has 10 nitrogen and oxygen atoms in total. The summed E-state index contributed by atoms with van der Waals surface area (Å²) in [5.74, 6) is -0.282. The van der Waals surface area contributed by atoms with Gasteiger partial charge in [0.2, 0.25) is 0 Å². The maximum atomic E-state index is 10.8. The number of ether oxygens (including phenoxy) is 3. The molecular weight excluding hydrogens is 274 g/mol. The summed E-state index contributed by atoms with van der Waals surface area (Å²) in [6, 6.07) is 0.800. The third-order valence-electron chi connectivity index (χ3n) is 2.12. The minimum Gasteiger partial charge on any atom is -0.470 e. The Morgan fingerprint density at radius 3 is 2.45 bits per heavy atom. The Hall–Kier alpha value is -2.33. The highest BCUT2D eigenvalue weighted by molar-refractivity contribution is 5.48. The van der Waals surface area contributed by atoms with E-state index in [4.69, 9.17) is 14.2 Å². The van der Waals surface area contributed by atoms with Crippen molar-refractivity contribution < 1.29 is 24.1 Å². The molecule has 0 aromatic carbocycles. The molecule has 0 N–H and O–H groups in total. The second kappa shape index (κ2) is 7.96. The first-order chi connectivity index (χ1) is 9.56. The van der Waals surface area contributed by atoms with E-state index in [1.165, 1.54) is 7.11 Å². The zero-order valence-electron chi connectivity index (χ0n) is 10.7. The molecule has 0 aliphatic heterocycles. The Kier molecular flexibility index (Phi) is 6.26. The van der Waals surface area contributed by atoms with Crippen LogP contribution in [-0.4, -0.2) is 48.4 Å². The van der Waals surface area contributed by atoms with Gasteiger partial charge in [-0.15, -0.1) is 0 Å². The number of aromatic nitrogens is 1. The molecule has 1 aromatic rings. The van der Waals surface area contributed by atoms with Crippen molar-refractivity contribution >= 4 is 11.4 Å². The van der Waals surface area contributed by atoms with Crippen molar-refractivity contribution in [2.75, 3.05) is 33.5 Å².